The number of aliphatic hydroxyl groups excluding tert-OH is 1. The van der Waals surface area contributed by atoms with Crippen LogP contribution in [0.5, 0.6) is 0 Å². The first-order chi connectivity index (χ1) is 10.1. The van der Waals surface area contributed by atoms with E-state index in [4.69, 9.17) is 5.11 Å². The van der Waals surface area contributed by atoms with Crippen molar-refractivity contribution < 1.29 is 9.90 Å². The minimum Gasteiger partial charge on any atom is -0.384 e. The zero-order valence-corrected chi connectivity index (χ0v) is 12.1. The van der Waals surface area contributed by atoms with E-state index in [9.17, 15) is 4.79 Å². The number of hydrogen-bond donors (Lipinski definition) is 2. The van der Waals surface area contributed by atoms with Gasteiger partial charge in [-0.05, 0) is 49.2 Å². The summed E-state index contributed by atoms with van der Waals surface area (Å²) in [5, 5.41) is 11.6. The maximum atomic E-state index is 12.3. The summed E-state index contributed by atoms with van der Waals surface area (Å²) >= 11 is 0. The third-order valence-corrected chi connectivity index (χ3v) is 3.04. The highest BCUT2D eigenvalue weighted by molar-refractivity contribution is 6.05. The van der Waals surface area contributed by atoms with Gasteiger partial charge < -0.3 is 10.4 Å². The molecular formula is C18H17NO2. The normalized spacial score (nSPS) is 9.67. The lowest BCUT2D eigenvalue weighted by Crippen LogP contribution is -2.13. The van der Waals surface area contributed by atoms with Crippen LogP contribution in [0.2, 0.25) is 0 Å². The molecule has 106 valence electrons. The van der Waals surface area contributed by atoms with Crippen molar-refractivity contribution >= 4 is 11.6 Å². The van der Waals surface area contributed by atoms with E-state index in [-0.39, 0.29) is 12.5 Å². The second-order valence-electron chi connectivity index (χ2n) is 4.82. The Morgan fingerprint density at radius 1 is 1.19 bits per heavy atom. The van der Waals surface area contributed by atoms with Gasteiger partial charge in [0.2, 0.25) is 0 Å². The van der Waals surface area contributed by atoms with Crippen molar-refractivity contribution in [1.29, 1.82) is 0 Å². The topological polar surface area (TPSA) is 49.3 Å². The van der Waals surface area contributed by atoms with Crippen molar-refractivity contribution in [1.82, 2.24) is 0 Å². The van der Waals surface area contributed by atoms with Gasteiger partial charge in [0.05, 0.1) is 0 Å². The van der Waals surface area contributed by atoms with Crippen LogP contribution in [0, 0.1) is 25.7 Å². The summed E-state index contributed by atoms with van der Waals surface area (Å²) in [5.41, 5.74) is 4.05. The number of hydrogen-bond acceptors (Lipinski definition) is 2. The maximum Gasteiger partial charge on any atom is 0.255 e. The van der Waals surface area contributed by atoms with Gasteiger partial charge >= 0.3 is 0 Å². The molecule has 1 amide bonds. The second kappa shape index (κ2) is 6.74. The van der Waals surface area contributed by atoms with E-state index in [2.05, 4.69) is 17.2 Å². The molecule has 0 bridgehead atoms. The lowest BCUT2D eigenvalue weighted by Gasteiger charge is -2.09. The number of aliphatic hydroxyl groups is 1. The quantitative estimate of drug-likeness (QED) is 0.830. The Morgan fingerprint density at radius 3 is 2.67 bits per heavy atom. The SMILES string of the molecule is Cc1cc(C#CCO)cc(NC(=O)c2ccccc2C)c1. The van der Waals surface area contributed by atoms with Gasteiger partial charge in [0, 0.05) is 16.8 Å². The Kier molecular flexibility index (Phi) is 4.76. The molecule has 0 spiro atoms. The Bertz CT molecular complexity index is 723. The lowest BCUT2D eigenvalue weighted by molar-refractivity contribution is 0.102. The highest BCUT2D eigenvalue weighted by atomic mass is 16.2. The Hall–Kier alpha value is -2.57. The van der Waals surface area contributed by atoms with Crippen molar-refractivity contribution in [2.75, 3.05) is 11.9 Å². The Balaban J connectivity index is 2.25. The van der Waals surface area contributed by atoms with Crippen LogP contribution in [0.15, 0.2) is 42.5 Å². The summed E-state index contributed by atoms with van der Waals surface area (Å²) in [7, 11) is 0. The van der Waals surface area contributed by atoms with E-state index in [0.717, 1.165) is 16.7 Å². The largest absolute Gasteiger partial charge is 0.384 e. The molecule has 2 aromatic rings. The van der Waals surface area contributed by atoms with Crippen LogP contribution in [0.1, 0.15) is 27.0 Å². The van der Waals surface area contributed by atoms with Gasteiger partial charge in [0.25, 0.3) is 5.91 Å². The minimum atomic E-state index is -0.182. The predicted octanol–water partition coefficient (Wildman–Crippen LogP) is 2.90. The number of carbonyl (C=O) groups is 1. The molecule has 0 aliphatic carbocycles. The molecule has 2 rings (SSSR count). The standard InChI is InChI=1S/C18H17NO2/c1-13-10-15(7-5-9-20)12-16(11-13)19-18(21)17-8-4-3-6-14(17)2/h3-4,6,8,10-12,20H,9H2,1-2H3,(H,19,21). The summed E-state index contributed by atoms with van der Waals surface area (Å²) in [4.78, 5) is 12.3. The van der Waals surface area contributed by atoms with E-state index >= 15 is 0 Å². The molecule has 0 fully saturated rings. The molecular weight excluding hydrogens is 262 g/mol. The van der Waals surface area contributed by atoms with Gasteiger partial charge in [0.15, 0.2) is 0 Å². The van der Waals surface area contributed by atoms with Gasteiger partial charge in [-0.2, -0.15) is 0 Å². The molecule has 3 heteroatoms. The highest BCUT2D eigenvalue weighted by Gasteiger charge is 2.08. The van der Waals surface area contributed by atoms with Crippen LogP contribution in [0.4, 0.5) is 5.69 Å². The Morgan fingerprint density at radius 2 is 1.95 bits per heavy atom. The maximum absolute atomic E-state index is 12.3. The molecule has 2 aromatic carbocycles. The fraction of sp³-hybridized carbons (Fsp3) is 0.167. The smallest absolute Gasteiger partial charge is 0.255 e. The number of nitrogens with one attached hydrogen (secondary N) is 1. The molecule has 0 saturated heterocycles. The number of anilines is 1. The third-order valence-electron chi connectivity index (χ3n) is 3.04. The number of aryl methyl sites for hydroxylation is 2. The molecule has 3 nitrogen and oxygen atoms in total. The van der Waals surface area contributed by atoms with Crippen molar-refractivity contribution in [2.45, 2.75) is 13.8 Å². The van der Waals surface area contributed by atoms with Crippen LogP contribution in [0.3, 0.4) is 0 Å². The van der Waals surface area contributed by atoms with E-state index in [1.165, 1.54) is 0 Å². The van der Waals surface area contributed by atoms with Crippen LogP contribution in [-0.2, 0) is 0 Å². The molecule has 0 heterocycles. The first-order valence-corrected chi connectivity index (χ1v) is 6.68. The Labute approximate surface area is 124 Å². The number of benzene rings is 2. The summed E-state index contributed by atoms with van der Waals surface area (Å²) in [6, 6.07) is 13.0. The highest BCUT2D eigenvalue weighted by Crippen LogP contribution is 2.16. The molecule has 0 aromatic heterocycles. The van der Waals surface area contributed by atoms with E-state index in [1.807, 2.05) is 44.2 Å². The molecule has 2 N–H and O–H groups in total. The minimum absolute atomic E-state index is 0.139. The zero-order valence-electron chi connectivity index (χ0n) is 12.1. The van der Waals surface area contributed by atoms with Gasteiger partial charge in [-0.25, -0.2) is 0 Å². The van der Waals surface area contributed by atoms with E-state index in [1.54, 1.807) is 12.1 Å². The zero-order chi connectivity index (χ0) is 15.2. The predicted molar refractivity (Wildman–Crippen MR) is 84.3 cm³/mol. The van der Waals surface area contributed by atoms with Crippen molar-refractivity contribution in [3.05, 3.63) is 64.7 Å². The summed E-state index contributed by atoms with van der Waals surface area (Å²) < 4.78 is 0. The molecule has 0 aliphatic rings. The van der Waals surface area contributed by atoms with Crippen LogP contribution >= 0.6 is 0 Å². The molecule has 0 saturated carbocycles. The monoisotopic (exact) mass is 279 g/mol. The first kappa shape index (κ1) is 14.8. The number of amides is 1. The summed E-state index contributed by atoms with van der Waals surface area (Å²) in [6.07, 6.45) is 0. The summed E-state index contributed by atoms with van der Waals surface area (Å²) in [5.74, 6) is 5.32. The average Bonchev–Trinajstić information content (AvgIpc) is 2.45. The molecule has 21 heavy (non-hydrogen) atoms. The van der Waals surface area contributed by atoms with E-state index in [0.29, 0.717) is 11.3 Å². The van der Waals surface area contributed by atoms with Gasteiger partial charge in [0.1, 0.15) is 6.61 Å². The van der Waals surface area contributed by atoms with Crippen molar-refractivity contribution in [2.24, 2.45) is 0 Å². The first-order valence-electron chi connectivity index (χ1n) is 6.68. The fourth-order valence-corrected chi connectivity index (χ4v) is 2.10. The molecule has 0 aliphatic heterocycles. The van der Waals surface area contributed by atoms with Gasteiger partial charge in [-0.15, -0.1) is 0 Å². The van der Waals surface area contributed by atoms with E-state index < -0.39 is 0 Å². The molecule has 0 unspecified atom stereocenters. The average molecular weight is 279 g/mol. The lowest BCUT2D eigenvalue weighted by atomic mass is 10.1. The van der Waals surface area contributed by atoms with Crippen LogP contribution in [-0.4, -0.2) is 17.6 Å². The van der Waals surface area contributed by atoms with Crippen molar-refractivity contribution in [3.63, 3.8) is 0 Å². The van der Waals surface area contributed by atoms with Gasteiger partial charge in [-0.3, -0.25) is 4.79 Å². The number of rotatable bonds is 2. The van der Waals surface area contributed by atoms with Crippen LogP contribution in [0.25, 0.3) is 0 Å². The van der Waals surface area contributed by atoms with Crippen LogP contribution < -0.4 is 5.32 Å². The molecule has 0 atom stereocenters. The number of carbonyl (C=O) groups excluding carboxylic acids is 1. The van der Waals surface area contributed by atoms with Crippen molar-refractivity contribution in [3.8, 4) is 11.8 Å². The second-order valence-corrected chi connectivity index (χ2v) is 4.82. The van der Waals surface area contributed by atoms with Gasteiger partial charge in [-0.1, -0.05) is 30.0 Å². The summed E-state index contributed by atoms with van der Waals surface area (Å²) in [6.45, 7) is 3.66. The third kappa shape index (κ3) is 3.95. The molecule has 0 radical (unpaired) electrons. The fourth-order valence-electron chi connectivity index (χ4n) is 2.10.